The molecule has 0 spiro atoms. The van der Waals surface area contributed by atoms with Gasteiger partial charge in [-0.15, -0.1) is 11.3 Å². The first-order chi connectivity index (χ1) is 12.4. The van der Waals surface area contributed by atoms with Crippen LogP contribution in [0.5, 0.6) is 0 Å². The van der Waals surface area contributed by atoms with Crippen molar-refractivity contribution in [1.29, 1.82) is 0 Å². The zero-order valence-electron chi connectivity index (χ0n) is 14.7. The number of carbonyl (C=O) groups is 2. The van der Waals surface area contributed by atoms with Gasteiger partial charge in [0.05, 0.1) is 12.1 Å². The number of fused-ring (bicyclic) bond motifs is 1. The standard InChI is InChI=1S/C19H22ClN3O2S/c1-23(10-12-5-4-6-13(20)9-12)11-16(24)22-19-17(18(21)25)14-7-2-3-8-15(14)26-19/h4-6,9H,2-3,7-8,10-11H2,1H3,(H2,21,25)(H,22,24). The smallest absolute Gasteiger partial charge is 0.251 e. The molecule has 0 unspecified atom stereocenters. The molecular weight excluding hydrogens is 370 g/mol. The van der Waals surface area contributed by atoms with E-state index in [0.29, 0.717) is 22.1 Å². The molecule has 3 N–H and O–H groups in total. The van der Waals surface area contributed by atoms with Gasteiger partial charge < -0.3 is 11.1 Å². The second kappa shape index (κ2) is 8.20. The maximum absolute atomic E-state index is 12.4. The fraction of sp³-hybridized carbons (Fsp3) is 0.368. The number of nitrogens with zero attached hydrogens (tertiary/aromatic N) is 1. The number of halogens is 1. The molecule has 0 saturated heterocycles. The van der Waals surface area contributed by atoms with E-state index in [9.17, 15) is 9.59 Å². The van der Waals surface area contributed by atoms with Gasteiger partial charge in [0.1, 0.15) is 5.00 Å². The Morgan fingerprint density at radius 3 is 2.81 bits per heavy atom. The molecule has 1 aliphatic rings. The summed E-state index contributed by atoms with van der Waals surface area (Å²) >= 11 is 7.48. The summed E-state index contributed by atoms with van der Waals surface area (Å²) in [7, 11) is 1.87. The molecule has 5 nitrogen and oxygen atoms in total. The Kier molecular flexibility index (Phi) is 5.96. The van der Waals surface area contributed by atoms with Gasteiger partial charge in [0.2, 0.25) is 5.91 Å². The van der Waals surface area contributed by atoms with Crippen molar-refractivity contribution in [2.24, 2.45) is 5.73 Å². The van der Waals surface area contributed by atoms with Crippen LogP contribution in [0.25, 0.3) is 0 Å². The Balaban J connectivity index is 1.66. The largest absolute Gasteiger partial charge is 0.365 e. The van der Waals surface area contributed by atoms with E-state index in [4.69, 9.17) is 17.3 Å². The maximum atomic E-state index is 12.4. The Bertz CT molecular complexity index is 834. The zero-order chi connectivity index (χ0) is 18.7. The maximum Gasteiger partial charge on any atom is 0.251 e. The molecule has 1 aliphatic carbocycles. The van der Waals surface area contributed by atoms with Gasteiger partial charge in [-0.25, -0.2) is 0 Å². The van der Waals surface area contributed by atoms with Crippen LogP contribution in [-0.4, -0.2) is 30.3 Å². The Hall–Kier alpha value is -1.89. The van der Waals surface area contributed by atoms with Crippen LogP contribution >= 0.6 is 22.9 Å². The van der Waals surface area contributed by atoms with Crippen molar-refractivity contribution in [3.8, 4) is 0 Å². The summed E-state index contributed by atoms with van der Waals surface area (Å²) in [5, 5.41) is 4.15. The number of nitrogens with one attached hydrogen (secondary N) is 1. The third-order valence-corrected chi connectivity index (χ3v) is 5.87. The molecule has 2 amide bonds. The lowest BCUT2D eigenvalue weighted by Crippen LogP contribution is -2.30. The molecule has 1 aromatic carbocycles. The molecule has 3 rings (SSSR count). The number of benzene rings is 1. The number of nitrogens with two attached hydrogens (primary N) is 1. The number of primary amides is 1. The summed E-state index contributed by atoms with van der Waals surface area (Å²) in [6.07, 6.45) is 3.97. The Morgan fingerprint density at radius 1 is 1.31 bits per heavy atom. The van der Waals surface area contributed by atoms with Crippen LogP contribution in [0, 0.1) is 0 Å². The molecule has 0 radical (unpaired) electrons. The van der Waals surface area contributed by atoms with E-state index >= 15 is 0 Å². The lowest BCUT2D eigenvalue weighted by Gasteiger charge is -2.16. The fourth-order valence-corrected chi connectivity index (χ4v) is 4.85. The quantitative estimate of drug-likeness (QED) is 0.791. The minimum absolute atomic E-state index is 0.157. The van der Waals surface area contributed by atoms with E-state index in [1.165, 1.54) is 16.2 Å². The monoisotopic (exact) mass is 391 g/mol. The summed E-state index contributed by atoms with van der Waals surface area (Å²) in [4.78, 5) is 27.4. The first kappa shape index (κ1) is 18.9. The summed E-state index contributed by atoms with van der Waals surface area (Å²) < 4.78 is 0. The number of rotatable bonds is 6. The van der Waals surface area contributed by atoms with Gasteiger partial charge in [-0.2, -0.15) is 0 Å². The molecule has 7 heteroatoms. The number of hydrogen-bond donors (Lipinski definition) is 2. The summed E-state index contributed by atoms with van der Waals surface area (Å²) in [5.41, 5.74) is 8.13. The van der Waals surface area contributed by atoms with Crippen molar-refractivity contribution in [1.82, 2.24) is 4.90 Å². The first-order valence-corrected chi connectivity index (χ1v) is 9.80. The molecule has 138 valence electrons. The number of carbonyl (C=O) groups excluding carboxylic acids is 2. The predicted molar refractivity (Wildman–Crippen MR) is 106 cm³/mol. The second-order valence-corrected chi connectivity index (χ2v) is 8.17. The van der Waals surface area contributed by atoms with Gasteiger partial charge in [0.15, 0.2) is 0 Å². The molecule has 2 aromatic rings. The van der Waals surface area contributed by atoms with Crippen LogP contribution in [0.4, 0.5) is 5.00 Å². The van der Waals surface area contributed by atoms with E-state index in [1.807, 2.05) is 36.2 Å². The zero-order valence-corrected chi connectivity index (χ0v) is 16.3. The SMILES string of the molecule is CN(CC(=O)Nc1sc2c(c1C(N)=O)CCCC2)Cc1cccc(Cl)c1. The minimum atomic E-state index is -0.466. The number of amides is 2. The molecule has 0 fully saturated rings. The molecule has 1 heterocycles. The average molecular weight is 392 g/mol. The third-order valence-electron chi connectivity index (χ3n) is 4.43. The van der Waals surface area contributed by atoms with Gasteiger partial charge >= 0.3 is 0 Å². The van der Waals surface area contributed by atoms with Crippen molar-refractivity contribution in [3.05, 3.63) is 50.9 Å². The molecule has 0 saturated carbocycles. The van der Waals surface area contributed by atoms with Crippen molar-refractivity contribution in [2.45, 2.75) is 32.2 Å². The number of hydrogen-bond acceptors (Lipinski definition) is 4. The predicted octanol–water partition coefficient (Wildman–Crippen LogP) is 3.45. The fourth-order valence-electron chi connectivity index (χ4n) is 3.33. The average Bonchev–Trinajstić information content (AvgIpc) is 2.92. The molecule has 0 bridgehead atoms. The van der Waals surface area contributed by atoms with Gasteiger partial charge in [-0.1, -0.05) is 23.7 Å². The van der Waals surface area contributed by atoms with Crippen LogP contribution < -0.4 is 11.1 Å². The van der Waals surface area contributed by atoms with E-state index in [1.54, 1.807) is 0 Å². The van der Waals surface area contributed by atoms with Crippen LogP contribution in [-0.2, 0) is 24.2 Å². The van der Waals surface area contributed by atoms with Gasteiger partial charge in [-0.05, 0) is 56.0 Å². The van der Waals surface area contributed by atoms with Crippen LogP contribution in [0.2, 0.25) is 5.02 Å². The van der Waals surface area contributed by atoms with Crippen molar-refractivity contribution < 1.29 is 9.59 Å². The molecule has 26 heavy (non-hydrogen) atoms. The summed E-state index contributed by atoms with van der Waals surface area (Å²) in [6, 6.07) is 7.57. The number of likely N-dealkylation sites (N-methyl/N-ethyl adjacent to an activating group) is 1. The molecule has 1 aromatic heterocycles. The minimum Gasteiger partial charge on any atom is -0.365 e. The highest BCUT2D eigenvalue weighted by Gasteiger charge is 2.25. The molecule has 0 atom stereocenters. The number of aryl methyl sites for hydroxylation is 1. The second-order valence-electron chi connectivity index (χ2n) is 6.63. The highest BCUT2D eigenvalue weighted by Crippen LogP contribution is 2.37. The number of thiophene rings is 1. The summed E-state index contributed by atoms with van der Waals surface area (Å²) in [6.45, 7) is 0.824. The topological polar surface area (TPSA) is 75.4 Å². The highest BCUT2D eigenvalue weighted by molar-refractivity contribution is 7.17. The van der Waals surface area contributed by atoms with Gasteiger partial charge in [0, 0.05) is 16.4 Å². The van der Waals surface area contributed by atoms with Gasteiger partial charge in [-0.3, -0.25) is 14.5 Å². The normalized spacial score (nSPS) is 13.5. The first-order valence-electron chi connectivity index (χ1n) is 8.61. The Morgan fingerprint density at radius 2 is 2.08 bits per heavy atom. The van der Waals surface area contributed by atoms with E-state index < -0.39 is 5.91 Å². The lowest BCUT2D eigenvalue weighted by molar-refractivity contribution is -0.117. The molecule has 0 aliphatic heterocycles. The van der Waals surface area contributed by atoms with Crippen molar-refractivity contribution in [2.75, 3.05) is 18.9 Å². The third kappa shape index (κ3) is 4.44. The van der Waals surface area contributed by atoms with Crippen LogP contribution in [0.15, 0.2) is 24.3 Å². The highest BCUT2D eigenvalue weighted by atomic mass is 35.5. The van der Waals surface area contributed by atoms with Crippen LogP contribution in [0.1, 0.15) is 39.2 Å². The van der Waals surface area contributed by atoms with E-state index in [-0.39, 0.29) is 12.5 Å². The Labute approximate surface area is 162 Å². The summed E-state index contributed by atoms with van der Waals surface area (Å²) in [5.74, 6) is -0.623. The number of anilines is 1. The van der Waals surface area contributed by atoms with Gasteiger partial charge in [0.25, 0.3) is 5.91 Å². The lowest BCUT2D eigenvalue weighted by atomic mass is 9.95. The van der Waals surface area contributed by atoms with E-state index in [0.717, 1.165) is 36.8 Å². The van der Waals surface area contributed by atoms with E-state index in [2.05, 4.69) is 5.32 Å². The van der Waals surface area contributed by atoms with Crippen molar-refractivity contribution in [3.63, 3.8) is 0 Å². The molecular formula is C19H22ClN3O2S. The van der Waals surface area contributed by atoms with Crippen molar-refractivity contribution >= 4 is 39.8 Å². The van der Waals surface area contributed by atoms with Crippen LogP contribution in [0.3, 0.4) is 0 Å².